The minimum atomic E-state index is -0.673. The smallest absolute Gasteiger partial charge is 0.270 e. The molecule has 70 heavy (non-hydrogen) atoms. The lowest BCUT2D eigenvalue weighted by Crippen LogP contribution is -2.52. The number of imide groups is 1. The number of amides is 5. The standard InChI is InChI=1S/C54H56N10O5S/c1-54(55)21-25-63(26-22-54)47-31-58-49(32-57-47)70-43-4-2-3-41(28-43)60-50(66)38-8-6-35(7-9-38)36-10-13-42(14-11-36)62-23-19-37(20-24-62)39-12-16-45(56-30-39)51(67)59-29-34-5-15-44-40(27-34)33-64(53(44)69)46-17-18-48(65)61-52(46)68/h2-10,12,15-16,19,27-28,30-32,42,46H,11,13-14,17-18,20-26,29,33,55H2,1H3,(H,59,67)(H,60,66)(H,61,65,68). The number of hydrogen-bond donors (Lipinski definition) is 4. The van der Waals surface area contributed by atoms with Gasteiger partial charge in [-0.25, -0.2) is 9.97 Å². The summed E-state index contributed by atoms with van der Waals surface area (Å²) in [6.07, 6.45) is 16.3. The fraction of sp³-hybridized carbons (Fsp3) is 0.333. The zero-order valence-electron chi connectivity index (χ0n) is 39.2. The first-order valence-electron chi connectivity index (χ1n) is 24.1. The van der Waals surface area contributed by atoms with Crippen LogP contribution < -0.4 is 26.6 Å². The van der Waals surface area contributed by atoms with Crippen LogP contribution in [0.3, 0.4) is 0 Å². The van der Waals surface area contributed by atoms with Crippen molar-refractivity contribution in [3.8, 4) is 0 Å². The number of carbonyl (C=O) groups excluding carboxylic acids is 5. The molecule has 2 unspecified atom stereocenters. The van der Waals surface area contributed by atoms with E-state index in [1.807, 2.05) is 66.9 Å². The van der Waals surface area contributed by atoms with Crippen molar-refractivity contribution in [2.75, 3.05) is 36.4 Å². The molecule has 0 spiro atoms. The number of hydrogen-bond acceptors (Lipinski definition) is 12. The monoisotopic (exact) mass is 956 g/mol. The van der Waals surface area contributed by atoms with Crippen LogP contribution in [0.5, 0.6) is 0 Å². The molecule has 5 aliphatic rings. The molecule has 16 heteroatoms. The van der Waals surface area contributed by atoms with E-state index in [0.29, 0.717) is 35.0 Å². The predicted octanol–water partition coefficient (Wildman–Crippen LogP) is 7.01. The van der Waals surface area contributed by atoms with E-state index < -0.39 is 11.9 Å². The number of pyridine rings is 1. The van der Waals surface area contributed by atoms with E-state index in [1.165, 1.54) is 27.8 Å². The van der Waals surface area contributed by atoms with Gasteiger partial charge in [0.15, 0.2) is 0 Å². The van der Waals surface area contributed by atoms with Crippen LogP contribution >= 0.6 is 11.8 Å². The topological polar surface area (TPSA) is 196 Å². The number of nitrogens with two attached hydrogens (primary N) is 1. The Morgan fingerprint density at radius 2 is 1.64 bits per heavy atom. The molecule has 5 amide bonds. The highest BCUT2D eigenvalue weighted by molar-refractivity contribution is 7.99. The Balaban J connectivity index is 0.665. The summed E-state index contributed by atoms with van der Waals surface area (Å²) in [4.78, 5) is 84.5. The van der Waals surface area contributed by atoms with Crippen molar-refractivity contribution >= 4 is 63.9 Å². The zero-order chi connectivity index (χ0) is 48.4. The van der Waals surface area contributed by atoms with Gasteiger partial charge in [0.25, 0.3) is 17.7 Å². The maximum atomic E-state index is 13.3. The normalized spacial score (nSPS) is 20.3. The Labute approximate surface area is 411 Å². The summed E-state index contributed by atoms with van der Waals surface area (Å²) in [6, 6.07) is 24.6. The molecule has 2 aromatic heterocycles. The van der Waals surface area contributed by atoms with Crippen LogP contribution in [-0.4, -0.2) is 98.1 Å². The van der Waals surface area contributed by atoms with E-state index in [4.69, 9.17) is 5.73 Å². The summed E-state index contributed by atoms with van der Waals surface area (Å²) in [6.45, 7) is 6.17. The number of anilines is 2. The fourth-order valence-corrected chi connectivity index (χ4v) is 10.8. The second-order valence-electron chi connectivity index (χ2n) is 19.2. The number of carbonyl (C=O) groups is 5. The summed E-state index contributed by atoms with van der Waals surface area (Å²) in [5, 5.41) is 9.11. The van der Waals surface area contributed by atoms with Crippen LogP contribution in [0.2, 0.25) is 0 Å². The highest BCUT2D eigenvalue weighted by Crippen LogP contribution is 2.34. The van der Waals surface area contributed by atoms with Crippen LogP contribution in [0.25, 0.3) is 11.1 Å². The zero-order valence-corrected chi connectivity index (χ0v) is 40.0. The number of aromatic nitrogens is 3. The van der Waals surface area contributed by atoms with Gasteiger partial charge in [0.2, 0.25) is 11.8 Å². The molecule has 1 aliphatic carbocycles. The number of rotatable bonds is 12. The molecular weight excluding hydrogens is 901 g/mol. The second kappa shape index (κ2) is 20.1. The van der Waals surface area contributed by atoms with Gasteiger partial charge in [0.1, 0.15) is 22.6 Å². The SMILES string of the molecule is CC1(N)CCN(c2cnc(Sc3cccc(NC(=O)c4ccc(C5=CCC(N6CC=C(c7ccc(C(=O)NCc8ccc9c(c8)CN(C8CCC(=O)NC8=O)C9=O)nc7)CC6)CC5)cc4)c3)cn2)CC1. The lowest BCUT2D eigenvalue weighted by atomic mass is 9.88. The molecular formula is C54H56N10O5S. The summed E-state index contributed by atoms with van der Waals surface area (Å²) in [5.41, 5.74) is 14.7. The first kappa shape index (κ1) is 46.7. The lowest BCUT2D eigenvalue weighted by Gasteiger charge is -2.37. The van der Waals surface area contributed by atoms with Gasteiger partial charge in [-0.05, 0) is 128 Å². The minimum absolute atomic E-state index is 0.120. The van der Waals surface area contributed by atoms with E-state index in [1.54, 1.807) is 30.6 Å². The van der Waals surface area contributed by atoms with Gasteiger partial charge >= 0.3 is 0 Å². The van der Waals surface area contributed by atoms with Crippen LogP contribution in [0.1, 0.15) is 112 Å². The third-order valence-electron chi connectivity index (χ3n) is 14.2. The molecule has 358 valence electrons. The molecule has 2 atom stereocenters. The van der Waals surface area contributed by atoms with E-state index in [9.17, 15) is 24.0 Å². The molecule has 5 N–H and O–H groups in total. The Bertz CT molecular complexity index is 2890. The van der Waals surface area contributed by atoms with Crippen molar-refractivity contribution in [1.29, 1.82) is 0 Å². The van der Waals surface area contributed by atoms with Gasteiger partial charge in [-0.2, -0.15) is 0 Å². The van der Waals surface area contributed by atoms with Crippen LogP contribution in [0, 0.1) is 0 Å². The number of fused-ring (bicyclic) bond motifs is 1. The third-order valence-corrected chi connectivity index (χ3v) is 15.1. The van der Waals surface area contributed by atoms with Gasteiger partial charge in [0.05, 0.1) is 12.4 Å². The molecule has 6 heterocycles. The van der Waals surface area contributed by atoms with Crippen molar-refractivity contribution in [3.05, 3.63) is 149 Å². The number of nitrogens with one attached hydrogen (secondary N) is 3. The van der Waals surface area contributed by atoms with Crippen LogP contribution in [0.15, 0.2) is 120 Å². The van der Waals surface area contributed by atoms with Crippen molar-refractivity contribution in [3.63, 3.8) is 0 Å². The quantitative estimate of drug-likeness (QED) is 0.0936. The molecule has 0 saturated carbocycles. The summed E-state index contributed by atoms with van der Waals surface area (Å²) >= 11 is 1.51. The Kier molecular flexibility index (Phi) is 13.4. The van der Waals surface area contributed by atoms with Crippen molar-refractivity contribution in [1.82, 2.24) is 35.4 Å². The fourth-order valence-electron chi connectivity index (χ4n) is 9.99. The predicted molar refractivity (Wildman–Crippen MR) is 269 cm³/mol. The van der Waals surface area contributed by atoms with Crippen molar-refractivity contribution in [2.24, 2.45) is 5.73 Å². The molecule has 4 aliphatic heterocycles. The van der Waals surface area contributed by atoms with E-state index in [2.05, 4.69) is 59.8 Å². The maximum absolute atomic E-state index is 13.3. The summed E-state index contributed by atoms with van der Waals surface area (Å²) in [7, 11) is 0. The second-order valence-corrected chi connectivity index (χ2v) is 20.2. The molecule has 10 rings (SSSR count). The Morgan fingerprint density at radius 3 is 2.36 bits per heavy atom. The number of piperidine rings is 2. The van der Waals surface area contributed by atoms with Gasteiger partial charge < -0.3 is 26.2 Å². The highest BCUT2D eigenvalue weighted by atomic mass is 32.2. The number of allylic oxidation sites excluding steroid dienone is 1. The van der Waals surface area contributed by atoms with Crippen LogP contribution in [0.4, 0.5) is 11.5 Å². The lowest BCUT2D eigenvalue weighted by molar-refractivity contribution is -0.136. The average Bonchev–Trinajstić information content (AvgIpc) is 3.70. The van der Waals surface area contributed by atoms with Gasteiger partial charge in [0, 0.05) is 85.2 Å². The summed E-state index contributed by atoms with van der Waals surface area (Å²) in [5.74, 6) is -0.579. The Morgan fingerprint density at radius 1 is 0.829 bits per heavy atom. The van der Waals surface area contributed by atoms with Gasteiger partial charge in [-0.3, -0.25) is 39.2 Å². The number of benzene rings is 3. The largest absolute Gasteiger partial charge is 0.355 e. The van der Waals surface area contributed by atoms with E-state index in [0.717, 1.165) is 103 Å². The maximum Gasteiger partial charge on any atom is 0.270 e. The van der Waals surface area contributed by atoms with Crippen molar-refractivity contribution in [2.45, 2.75) is 98.9 Å². The summed E-state index contributed by atoms with van der Waals surface area (Å²) < 4.78 is 0. The number of nitrogens with zero attached hydrogens (tertiary/aromatic N) is 6. The molecule has 3 aromatic carbocycles. The first-order chi connectivity index (χ1) is 33.9. The van der Waals surface area contributed by atoms with E-state index >= 15 is 0 Å². The molecule has 15 nitrogen and oxygen atoms in total. The molecule has 5 aromatic rings. The molecule has 0 bridgehead atoms. The minimum Gasteiger partial charge on any atom is -0.355 e. The molecule has 2 saturated heterocycles. The average molecular weight is 957 g/mol. The van der Waals surface area contributed by atoms with E-state index in [-0.39, 0.29) is 48.7 Å². The van der Waals surface area contributed by atoms with Gasteiger partial charge in [-0.1, -0.05) is 60.3 Å². The Hall–Kier alpha value is -7.01. The highest BCUT2D eigenvalue weighted by Gasteiger charge is 2.39. The van der Waals surface area contributed by atoms with Crippen molar-refractivity contribution < 1.29 is 24.0 Å². The van der Waals surface area contributed by atoms with Crippen LogP contribution in [-0.2, 0) is 22.7 Å². The third kappa shape index (κ3) is 10.6. The van der Waals surface area contributed by atoms with Gasteiger partial charge in [-0.15, -0.1) is 0 Å². The molecule has 0 radical (unpaired) electrons. The first-order valence-corrected chi connectivity index (χ1v) is 24.9. The molecule has 2 fully saturated rings.